The van der Waals surface area contributed by atoms with Gasteiger partial charge < -0.3 is 5.73 Å². The Labute approximate surface area is 129 Å². The number of nitrogens with two attached hydrogens (primary N) is 1. The Morgan fingerprint density at radius 1 is 1.50 bits per heavy atom. The first-order valence-electron chi connectivity index (χ1n) is 5.89. The minimum Gasteiger partial charge on any atom is -0.330 e. The molecule has 2 rings (SSSR count). The number of hydrogen-bond acceptors (Lipinski definition) is 4. The van der Waals surface area contributed by atoms with Crippen molar-refractivity contribution in [1.82, 2.24) is 4.31 Å². The molecule has 20 heavy (non-hydrogen) atoms. The van der Waals surface area contributed by atoms with Gasteiger partial charge in [-0.05, 0) is 37.1 Å². The van der Waals surface area contributed by atoms with Crippen LogP contribution >= 0.6 is 24.0 Å². The largest absolute Gasteiger partial charge is 0.330 e. The summed E-state index contributed by atoms with van der Waals surface area (Å²) in [5.41, 5.74) is 5.73. The lowest BCUT2D eigenvalue weighted by Crippen LogP contribution is -2.30. The zero-order valence-corrected chi connectivity index (χ0v) is 13.0. The maximum atomic E-state index is 12.4. The lowest BCUT2D eigenvalue weighted by Gasteiger charge is -2.16. The third-order valence-electron chi connectivity index (χ3n) is 3.28. The van der Waals surface area contributed by atoms with Gasteiger partial charge in [-0.15, -0.1) is 12.4 Å². The van der Waals surface area contributed by atoms with E-state index in [4.69, 9.17) is 22.6 Å². The Balaban J connectivity index is 0.00000200. The van der Waals surface area contributed by atoms with Crippen molar-refractivity contribution < 1.29 is 8.42 Å². The first-order valence-corrected chi connectivity index (χ1v) is 7.70. The molecule has 0 amide bonds. The van der Waals surface area contributed by atoms with Gasteiger partial charge in [0.2, 0.25) is 10.0 Å². The van der Waals surface area contributed by atoms with Crippen molar-refractivity contribution in [2.45, 2.75) is 11.3 Å². The second-order valence-corrected chi connectivity index (χ2v) is 6.85. The van der Waals surface area contributed by atoms with Gasteiger partial charge in [-0.3, -0.25) is 0 Å². The first-order chi connectivity index (χ1) is 8.98. The van der Waals surface area contributed by atoms with E-state index in [2.05, 4.69) is 0 Å². The van der Waals surface area contributed by atoms with E-state index in [0.717, 1.165) is 6.42 Å². The third kappa shape index (κ3) is 3.25. The zero-order chi connectivity index (χ0) is 14.0. The summed E-state index contributed by atoms with van der Waals surface area (Å²) in [6.45, 7) is 1.38. The summed E-state index contributed by atoms with van der Waals surface area (Å²) in [4.78, 5) is 0.103. The van der Waals surface area contributed by atoms with Crippen molar-refractivity contribution in [3.05, 3.63) is 28.8 Å². The Hall–Kier alpha value is -0.840. The molecule has 1 aliphatic rings. The van der Waals surface area contributed by atoms with Gasteiger partial charge in [-0.1, -0.05) is 11.6 Å². The van der Waals surface area contributed by atoms with Crippen molar-refractivity contribution in [3.63, 3.8) is 0 Å². The molecule has 8 heteroatoms. The van der Waals surface area contributed by atoms with Crippen LogP contribution in [0.2, 0.25) is 5.02 Å². The molecule has 0 aromatic heterocycles. The molecule has 1 unspecified atom stereocenters. The van der Waals surface area contributed by atoms with Crippen LogP contribution < -0.4 is 5.73 Å². The quantitative estimate of drug-likeness (QED) is 0.908. The topological polar surface area (TPSA) is 87.2 Å². The monoisotopic (exact) mass is 335 g/mol. The van der Waals surface area contributed by atoms with Crippen LogP contribution in [0.1, 0.15) is 12.0 Å². The molecule has 1 aromatic carbocycles. The molecule has 1 heterocycles. The second kappa shape index (κ2) is 6.74. The van der Waals surface area contributed by atoms with Gasteiger partial charge in [-0.2, -0.15) is 9.57 Å². The zero-order valence-electron chi connectivity index (χ0n) is 10.6. The summed E-state index contributed by atoms with van der Waals surface area (Å²) in [7, 11) is -3.56. The normalized spacial score (nSPS) is 19.4. The van der Waals surface area contributed by atoms with Gasteiger partial charge >= 0.3 is 0 Å². The number of hydrogen-bond donors (Lipinski definition) is 1. The number of sulfonamides is 1. The summed E-state index contributed by atoms with van der Waals surface area (Å²) in [5, 5.41) is 9.15. The van der Waals surface area contributed by atoms with Gasteiger partial charge in [0.25, 0.3) is 0 Å². The maximum absolute atomic E-state index is 12.4. The number of rotatable bonds is 3. The minimum absolute atomic E-state index is 0. The van der Waals surface area contributed by atoms with E-state index in [-0.39, 0.29) is 33.8 Å². The van der Waals surface area contributed by atoms with Crippen molar-refractivity contribution in [2.24, 2.45) is 11.7 Å². The fourth-order valence-electron chi connectivity index (χ4n) is 2.11. The lowest BCUT2D eigenvalue weighted by atomic mass is 10.1. The van der Waals surface area contributed by atoms with E-state index in [1.165, 1.54) is 22.5 Å². The average Bonchev–Trinajstić information content (AvgIpc) is 2.88. The van der Waals surface area contributed by atoms with Crippen molar-refractivity contribution in [3.8, 4) is 6.07 Å². The molecule has 0 saturated carbocycles. The highest BCUT2D eigenvalue weighted by Gasteiger charge is 2.32. The third-order valence-corrected chi connectivity index (χ3v) is 5.47. The molecular weight excluding hydrogens is 321 g/mol. The van der Waals surface area contributed by atoms with Gasteiger partial charge in [0.15, 0.2) is 0 Å². The summed E-state index contributed by atoms with van der Waals surface area (Å²) in [5.74, 6) is 0.206. The van der Waals surface area contributed by atoms with E-state index < -0.39 is 10.0 Å². The molecule has 1 fully saturated rings. The molecule has 0 spiro atoms. The van der Waals surface area contributed by atoms with Crippen LogP contribution in [0, 0.1) is 17.2 Å². The molecule has 110 valence electrons. The Morgan fingerprint density at radius 2 is 2.20 bits per heavy atom. The predicted molar refractivity (Wildman–Crippen MR) is 79.3 cm³/mol. The van der Waals surface area contributed by atoms with Crippen molar-refractivity contribution in [1.29, 1.82) is 5.26 Å². The molecule has 0 aliphatic carbocycles. The fourth-order valence-corrected chi connectivity index (χ4v) is 3.82. The number of halogens is 2. The standard InChI is InChI=1S/C12H14ClN3O2S.ClH/c13-12-2-1-11(5-10(12)7-15)19(17,18)16-4-3-9(6-14)8-16;/h1-2,5,9H,3-4,6,8,14H2;1H. The Bertz CT molecular complexity index is 628. The predicted octanol–water partition coefficient (Wildman–Crippen LogP) is 1.60. The molecule has 0 radical (unpaired) electrons. The number of nitrogens with zero attached hydrogens (tertiary/aromatic N) is 2. The van der Waals surface area contributed by atoms with Crippen LogP contribution in [0.3, 0.4) is 0 Å². The minimum atomic E-state index is -3.56. The summed E-state index contributed by atoms with van der Waals surface area (Å²) in [6.07, 6.45) is 0.772. The number of nitriles is 1. The van der Waals surface area contributed by atoms with Gasteiger partial charge in [0, 0.05) is 13.1 Å². The highest BCUT2D eigenvalue weighted by atomic mass is 35.5. The fraction of sp³-hybridized carbons (Fsp3) is 0.417. The summed E-state index contributed by atoms with van der Waals surface area (Å²) in [6, 6.07) is 6.06. The molecule has 2 N–H and O–H groups in total. The van der Waals surface area contributed by atoms with E-state index in [1.54, 1.807) is 0 Å². The maximum Gasteiger partial charge on any atom is 0.243 e. The summed E-state index contributed by atoms with van der Waals surface area (Å²) >= 11 is 5.80. The molecule has 1 saturated heterocycles. The van der Waals surface area contributed by atoms with Crippen LogP contribution in [0.15, 0.2) is 23.1 Å². The molecule has 0 bridgehead atoms. The van der Waals surface area contributed by atoms with Crippen molar-refractivity contribution in [2.75, 3.05) is 19.6 Å². The second-order valence-electron chi connectivity index (χ2n) is 4.51. The highest BCUT2D eigenvalue weighted by molar-refractivity contribution is 7.89. The lowest BCUT2D eigenvalue weighted by molar-refractivity contribution is 0.459. The van der Waals surface area contributed by atoms with E-state index in [9.17, 15) is 8.42 Å². The molecule has 1 aromatic rings. The summed E-state index contributed by atoms with van der Waals surface area (Å²) < 4.78 is 26.2. The molecular formula is C12H15Cl2N3O2S. The van der Waals surface area contributed by atoms with Gasteiger partial charge in [0.05, 0.1) is 15.5 Å². The van der Waals surface area contributed by atoms with Crippen LogP contribution in [0.4, 0.5) is 0 Å². The first kappa shape index (κ1) is 17.2. The average molecular weight is 336 g/mol. The van der Waals surface area contributed by atoms with Crippen LogP contribution in [-0.4, -0.2) is 32.4 Å². The molecule has 1 aliphatic heterocycles. The molecule has 5 nitrogen and oxygen atoms in total. The SMILES string of the molecule is Cl.N#Cc1cc(S(=O)(=O)N2CCC(CN)C2)ccc1Cl. The van der Waals surface area contributed by atoms with E-state index in [0.29, 0.717) is 19.6 Å². The molecule has 1 atom stereocenters. The highest BCUT2D eigenvalue weighted by Crippen LogP contribution is 2.26. The van der Waals surface area contributed by atoms with Gasteiger partial charge in [-0.25, -0.2) is 8.42 Å². The van der Waals surface area contributed by atoms with E-state index in [1.807, 2.05) is 6.07 Å². The smallest absolute Gasteiger partial charge is 0.243 e. The van der Waals surface area contributed by atoms with Crippen LogP contribution in [0.5, 0.6) is 0 Å². The number of benzene rings is 1. The van der Waals surface area contributed by atoms with Crippen LogP contribution in [-0.2, 0) is 10.0 Å². The van der Waals surface area contributed by atoms with Crippen molar-refractivity contribution >= 4 is 34.0 Å². The van der Waals surface area contributed by atoms with E-state index >= 15 is 0 Å². The Kier molecular flexibility index (Phi) is 5.80. The Morgan fingerprint density at radius 3 is 2.75 bits per heavy atom. The van der Waals surface area contributed by atoms with Gasteiger partial charge in [0.1, 0.15) is 6.07 Å². The van der Waals surface area contributed by atoms with Crippen LogP contribution in [0.25, 0.3) is 0 Å².